The Kier molecular flexibility index (Phi) is 10.9. The van der Waals surface area contributed by atoms with Gasteiger partial charge in [-0.05, 0) is 35.1 Å². The summed E-state index contributed by atoms with van der Waals surface area (Å²) in [6, 6.07) is 42.2. The van der Waals surface area contributed by atoms with Gasteiger partial charge in [0.05, 0.1) is 0 Å². The summed E-state index contributed by atoms with van der Waals surface area (Å²) >= 11 is 0. The second-order valence-corrected chi connectivity index (χ2v) is 10.5. The fourth-order valence-corrected chi connectivity index (χ4v) is 5.50. The van der Waals surface area contributed by atoms with E-state index in [1.54, 1.807) is 0 Å². The Bertz CT molecular complexity index is 1030. The fraction of sp³-hybridized carbons (Fsp3) is 0.333. The number of piperazine rings is 1. The first kappa shape index (κ1) is 28.3. The zero-order chi connectivity index (χ0) is 27.2. The van der Waals surface area contributed by atoms with E-state index in [-0.39, 0.29) is 12.2 Å². The molecule has 0 spiro atoms. The van der Waals surface area contributed by atoms with Gasteiger partial charge < -0.3 is 19.3 Å². The molecule has 0 saturated carbocycles. The number of nitrogens with zero attached hydrogens (tertiary/aromatic N) is 2. The van der Waals surface area contributed by atoms with Crippen LogP contribution in [0.15, 0.2) is 121 Å². The van der Waals surface area contributed by atoms with Gasteiger partial charge in [0.15, 0.2) is 0 Å². The summed E-state index contributed by atoms with van der Waals surface area (Å²) in [6.45, 7) is 8.19. The topological polar surface area (TPSA) is 24.9 Å². The molecular weight excluding hydrogens is 492 g/mol. The van der Waals surface area contributed by atoms with Crippen molar-refractivity contribution in [3.63, 3.8) is 0 Å². The number of rotatable bonds is 14. The lowest BCUT2D eigenvalue weighted by Gasteiger charge is -2.34. The molecule has 0 radical (unpaired) electrons. The van der Waals surface area contributed by atoms with Crippen LogP contribution in [0.4, 0.5) is 0 Å². The molecule has 1 saturated heterocycles. The maximum atomic E-state index is 6.42. The van der Waals surface area contributed by atoms with Crippen LogP contribution in [0.3, 0.4) is 0 Å². The summed E-state index contributed by atoms with van der Waals surface area (Å²) in [5.41, 5.74) is 4.85. The fourth-order valence-electron chi connectivity index (χ4n) is 5.50. The van der Waals surface area contributed by atoms with E-state index in [0.29, 0.717) is 0 Å². The van der Waals surface area contributed by atoms with Crippen molar-refractivity contribution in [3.8, 4) is 0 Å². The molecule has 1 heterocycles. The van der Waals surface area contributed by atoms with E-state index < -0.39 is 0 Å². The third-order valence-corrected chi connectivity index (χ3v) is 7.68. The van der Waals surface area contributed by atoms with Crippen LogP contribution >= 0.6 is 0 Å². The van der Waals surface area contributed by atoms with Crippen LogP contribution in [0.1, 0.15) is 47.3 Å². The molecule has 1 fully saturated rings. The van der Waals surface area contributed by atoms with Gasteiger partial charge in [0.25, 0.3) is 0 Å². The number of hydrogen-bond acceptors (Lipinski definition) is 4. The molecule has 4 aromatic rings. The van der Waals surface area contributed by atoms with Gasteiger partial charge in [0, 0.05) is 52.5 Å². The van der Waals surface area contributed by atoms with Gasteiger partial charge in [-0.25, -0.2) is 0 Å². The molecule has 5 rings (SSSR count). The summed E-state index contributed by atoms with van der Waals surface area (Å²) in [7, 11) is 0. The normalized spacial score (nSPS) is 14.7. The highest BCUT2D eigenvalue weighted by Gasteiger charge is 2.19. The van der Waals surface area contributed by atoms with Crippen molar-refractivity contribution in [1.82, 2.24) is 9.80 Å². The van der Waals surface area contributed by atoms with Crippen molar-refractivity contribution in [2.24, 2.45) is 0 Å². The molecule has 40 heavy (non-hydrogen) atoms. The first-order valence-corrected chi connectivity index (χ1v) is 14.7. The maximum Gasteiger partial charge on any atom is 0.108 e. The monoisotopic (exact) mass is 534 g/mol. The first-order chi connectivity index (χ1) is 19.9. The van der Waals surface area contributed by atoms with E-state index in [1.807, 2.05) is 0 Å². The molecule has 208 valence electrons. The Morgan fingerprint density at radius 1 is 0.425 bits per heavy atom. The predicted octanol–water partition coefficient (Wildman–Crippen LogP) is 7.00. The number of benzene rings is 4. The largest absolute Gasteiger partial charge is 0.369 e. The predicted molar refractivity (Wildman–Crippen MR) is 163 cm³/mol. The first-order valence-electron chi connectivity index (χ1n) is 14.7. The SMILES string of the molecule is c1ccc(C(OCCCN2CCN(CCCOC(c3ccccc3)c3ccccc3)CC2)c2ccccc2)cc1. The Balaban J connectivity index is 1.00. The second-order valence-electron chi connectivity index (χ2n) is 10.5. The van der Waals surface area contributed by atoms with E-state index in [1.165, 1.54) is 22.3 Å². The van der Waals surface area contributed by atoms with E-state index in [0.717, 1.165) is 65.3 Å². The Morgan fingerprint density at radius 2 is 0.700 bits per heavy atom. The van der Waals surface area contributed by atoms with Crippen LogP contribution in [0.25, 0.3) is 0 Å². The van der Waals surface area contributed by atoms with Gasteiger partial charge in [-0.2, -0.15) is 0 Å². The number of ether oxygens (including phenoxy) is 2. The van der Waals surface area contributed by atoms with Crippen LogP contribution in [0, 0.1) is 0 Å². The molecule has 0 amide bonds. The van der Waals surface area contributed by atoms with Crippen molar-refractivity contribution in [2.75, 3.05) is 52.5 Å². The molecule has 1 aliphatic rings. The summed E-state index contributed by atoms with van der Waals surface area (Å²) in [6.07, 6.45) is 2.07. The molecule has 0 aromatic heterocycles. The average molecular weight is 535 g/mol. The molecule has 4 aromatic carbocycles. The zero-order valence-electron chi connectivity index (χ0n) is 23.5. The van der Waals surface area contributed by atoms with Crippen molar-refractivity contribution >= 4 is 0 Å². The highest BCUT2D eigenvalue weighted by atomic mass is 16.5. The lowest BCUT2D eigenvalue weighted by molar-refractivity contribution is 0.0562. The Morgan fingerprint density at radius 3 is 0.975 bits per heavy atom. The minimum Gasteiger partial charge on any atom is -0.369 e. The van der Waals surface area contributed by atoms with Gasteiger partial charge in [-0.1, -0.05) is 121 Å². The van der Waals surface area contributed by atoms with Gasteiger partial charge >= 0.3 is 0 Å². The standard InChI is InChI=1S/C36H42N2O2/c1-5-15-31(16-6-1)35(32-17-7-2-8-18-32)39-29-13-23-37-25-27-38(28-26-37)24-14-30-40-36(33-19-9-3-10-20-33)34-21-11-4-12-22-34/h1-12,15-22,35-36H,13-14,23-30H2. The molecule has 0 unspecified atom stereocenters. The molecule has 0 N–H and O–H groups in total. The second kappa shape index (κ2) is 15.5. The summed E-state index contributed by atoms with van der Waals surface area (Å²) in [4.78, 5) is 5.16. The summed E-state index contributed by atoms with van der Waals surface area (Å²) in [5.74, 6) is 0. The van der Waals surface area contributed by atoms with Crippen molar-refractivity contribution in [2.45, 2.75) is 25.0 Å². The summed E-state index contributed by atoms with van der Waals surface area (Å²) in [5, 5.41) is 0. The minimum absolute atomic E-state index is 0.00940. The lowest BCUT2D eigenvalue weighted by Crippen LogP contribution is -2.47. The third kappa shape index (κ3) is 8.36. The smallest absolute Gasteiger partial charge is 0.108 e. The van der Waals surface area contributed by atoms with Gasteiger partial charge in [-0.15, -0.1) is 0 Å². The zero-order valence-corrected chi connectivity index (χ0v) is 23.5. The van der Waals surface area contributed by atoms with Gasteiger partial charge in [0.1, 0.15) is 12.2 Å². The molecule has 4 heteroatoms. The van der Waals surface area contributed by atoms with E-state index in [4.69, 9.17) is 9.47 Å². The van der Waals surface area contributed by atoms with E-state index in [2.05, 4.69) is 131 Å². The molecule has 4 nitrogen and oxygen atoms in total. The van der Waals surface area contributed by atoms with Crippen LogP contribution in [0.2, 0.25) is 0 Å². The van der Waals surface area contributed by atoms with E-state index in [9.17, 15) is 0 Å². The van der Waals surface area contributed by atoms with Crippen LogP contribution in [0.5, 0.6) is 0 Å². The molecule has 0 bridgehead atoms. The van der Waals surface area contributed by atoms with Crippen molar-refractivity contribution < 1.29 is 9.47 Å². The van der Waals surface area contributed by atoms with Crippen LogP contribution in [-0.2, 0) is 9.47 Å². The average Bonchev–Trinajstić information content (AvgIpc) is 3.03. The quantitative estimate of drug-likeness (QED) is 0.163. The third-order valence-electron chi connectivity index (χ3n) is 7.68. The van der Waals surface area contributed by atoms with Crippen LogP contribution < -0.4 is 0 Å². The lowest BCUT2D eigenvalue weighted by atomic mass is 10.0. The highest BCUT2D eigenvalue weighted by molar-refractivity contribution is 5.31. The number of hydrogen-bond donors (Lipinski definition) is 0. The molecule has 1 aliphatic heterocycles. The Hall–Kier alpha value is -3.28. The van der Waals surface area contributed by atoms with E-state index >= 15 is 0 Å². The molecular formula is C36H42N2O2. The summed E-state index contributed by atoms with van der Waals surface area (Å²) < 4.78 is 12.8. The Labute approximate surface area is 240 Å². The molecule has 0 aliphatic carbocycles. The van der Waals surface area contributed by atoms with Gasteiger partial charge in [-0.3, -0.25) is 0 Å². The van der Waals surface area contributed by atoms with Gasteiger partial charge in [0.2, 0.25) is 0 Å². The molecule has 0 atom stereocenters. The van der Waals surface area contributed by atoms with Crippen LogP contribution in [-0.4, -0.2) is 62.3 Å². The highest BCUT2D eigenvalue weighted by Crippen LogP contribution is 2.27. The maximum absolute atomic E-state index is 6.42. The minimum atomic E-state index is -0.00940. The van der Waals surface area contributed by atoms with Crippen molar-refractivity contribution in [1.29, 1.82) is 0 Å². The van der Waals surface area contributed by atoms with Crippen molar-refractivity contribution in [3.05, 3.63) is 144 Å².